The number of esters is 1. The van der Waals surface area contributed by atoms with Gasteiger partial charge in [-0.1, -0.05) is 18.6 Å². The molecular weight excluding hydrogens is 304 g/mol. The van der Waals surface area contributed by atoms with Crippen molar-refractivity contribution in [1.82, 2.24) is 4.98 Å². The number of rotatable bonds is 3. The Bertz CT molecular complexity index is 664. The first-order valence-electron chi connectivity index (χ1n) is 9.10. The topological polar surface area (TPSA) is 55.6 Å². The Kier molecular flexibility index (Phi) is 4.41. The first kappa shape index (κ1) is 15.5. The monoisotopic (exact) mass is 328 g/mol. The maximum absolute atomic E-state index is 12.4. The Morgan fingerprint density at radius 1 is 1.08 bits per heavy atom. The zero-order valence-electron chi connectivity index (χ0n) is 13.9. The van der Waals surface area contributed by atoms with E-state index < -0.39 is 0 Å². The number of para-hydroxylation sites is 2. The van der Waals surface area contributed by atoms with Crippen LogP contribution >= 0.6 is 0 Å². The zero-order chi connectivity index (χ0) is 16.4. The van der Waals surface area contributed by atoms with Crippen molar-refractivity contribution in [1.29, 1.82) is 0 Å². The van der Waals surface area contributed by atoms with Crippen LogP contribution in [0.1, 0.15) is 44.9 Å². The van der Waals surface area contributed by atoms with Gasteiger partial charge in [0.05, 0.1) is 5.92 Å². The van der Waals surface area contributed by atoms with Crippen molar-refractivity contribution < 1.29 is 13.9 Å². The zero-order valence-corrected chi connectivity index (χ0v) is 13.9. The highest BCUT2D eigenvalue weighted by Crippen LogP contribution is 2.28. The van der Waals surface area contributed by atoms with Gasteiger partial charge in [0.2, 0.25) is 0 Å². The maximum Gasteiger partial charge on any atom is 0.309 e. The molecule has 0 amide bonds. The molecular formula is C19H24N2O3. The van der Waals surface area contributed by atoms with E-state index in [1.165, 1.54) is 19.3 Å². The van der Waals surface area contributed by atoms with Crippen LogP contribution in [0.4, 0.5) is 6.01 Å². The summed E-state index contributed by atoms with van der Waals surface area (Å²) in [6, 6.07) is 8.46. The Morgan fingerprint density at radius 3 is 2.58 bits per heavy atom. The van der Waals surface area contributed by atoms with Crippen LogP contribution in [0.2, 0.25) is 0 Å². The molecule has 1 saturated heterocycles. The molecule has 0 radical (unpaired) electrons. The van der Waals surface area contributed by atoms with E-state index in [1.807, 2.05) is 24.3 Å². The van der Waals surface area contributed by atoms with E-state index in [1.54, 1.807) is 0 Å². The Labute approximate surface area is 142 Å². The molecule has 1 aromatic heterocycles. The quantitative estimate of drug-likeness (QED) is 0.799. The minimum Gasteiger partial charge on any atom is -0.462 e. The summed E-state index contributed by atoms with van der Waals surface area (Å²) in [6.07, 6.45) is 7.50. The van der Waals surface area contributed by atoms with Crippen molar-refractivity contribution in [3.8, 4) is 0 Å². The van der Waals surface area contributed by atoms with Gasteiger partial charge < -0.3 is 14.1 Å². The van der Waals surface area contributed by atoms with Gasteiger partial charge in [0, 0.05) is 13.1 Å². The fraction of sp³-hybridized carbons (Fsp3) is 0.579. The van der Waals surface area contributed by atoms with Crippen LogP contribution in [-0.4, -0.2) is 30.1 Å². The number of nitrogens with zero attached hydrogens (tertiary/aromatic N) is 2. The van der Waals surface area contributed by atoms with Crippen LogP contribution in [0.3, 0.4) is 0 Å². The minimum absolute atomic E-state index is 0.000819. The van der Waals surface area contributed by atoms with Crippen LogP contribution < -0.4 is 4.90 Å². The van der Waals surface area contributed by atoms with Crippen molar-refractivity contribution in [2.24, 2.45) is 5.92 Å². The molecule has 1 aromatic carbocycles. The number of hydrogen-bond acceptors (Lipinski definition) is 5. The van der Waals surface area contributed by atoms with E-state index in [-0.39, 0.29) is 18.0 Å². The number of hydrogen-bond donors (Lipinski definition) is 0. The molecule has 2 aromatic rings. The number of benzene rings is 1. The number of carbonyl (C=O) groups excluding carboxylic acids is 1. The molecule has 2 aliphatic rings. The van der Waals surface area contributed by atoms with E-state index in [2.05, 4.69) is 9.88 Å². The van der Waals surface area contributed by atoms with Crippen LogP contribution in [0.25, 0.3) is 11.1 Å². The SMILES string of the molecule is O=C(OC1CCCCC1)C1CCN(c2nc3ccccc3o2)CC1. The lowest BCUT2D eigenvalue weighted by atomic mass is 9.95. The lowest BCUT2D eigenvalue weighted by Crippen LogP contribution is -2.38. The van der Waals surface area contributed by atoms with Gasteiger partial charge in [-0.15, -0.1) is 0 Å². The normalized spacial score (nSPS) is 20.4. The molecule has 128 valence electrons. The predicted molar refractivity (Wildman–Crippen MR) is 91.9 cm³/mol. The van der Waals surface area contributed by atoms with Gasteiger partial charge in [-0.2, -0.15) is 4.98 Å². The molecule has 0 atom stereocenters. The Balaban J connectivity index is 1.33. The van der Waals surface area contributed by atoms with Gasteiger partial charge in [0.25, 0.3) is 6.01 Å². The van der Waals surface area contributed by atoms with Crippen LogP contribution in [-0.2, 0) is 9.53 Å². The number of fused-ring (bicyclic) bond motifs is 1. The van der Waals surface area contributed by atoms with Crippen LogP contribution in [0, 0.1) is 5.92 Å². The van der Waals surface area contributed by atoms with E-state index in [4.69, 9.17) is 9.15 Å². The highest BCUT2D eigenvalue weighted by Gasteiger charge is 2.30. The maximum atomic E-state index is 12.4. The van der Waals surface area contributed by atoms with E-state index >= 15 is 0 Å². The summed E-state index contributed by atoms with van der Waals surface area (Å²) in [5.41, 5.74) is 1.69. The lowest BCUT2D eigenvalue weighted by Gasteiger charge is -2.31. The minimum atomic E-state index is -0.000819. The van der Waals surface area contributed by atoms with Gasteiger partial charge in [0.15, 0.2) is 5.58 Å². The Hall–Kier alpha value is -2.04. The number of oxazole rings is 1. The van der Waals surface area contributed by atoms with E-state index in [0.717, 1.165) is 49.9 Å². The number of carbonyl (C=O) groups is 1. The van der Waals surface area contributed by atoms with Gasteiger partial charge in [-0.05, 0) is 50.7 Å². The summed E-state index contributed by atoms with van der Waals surface area (Å²) >= 11 is 0. The van der Waals surface area contributed by atoms with Gasteiger partial charge >= 0.3 is 5.97 Å². The van der Waals surface area contributed by atoms with Crippen LogP contribution in [0.5, 0.6) is 0 Å². The molecule has 1 aliphatic carbocycles. The summed E-state index contributed by atoms with van der Waals surface area (Å²) in [7, 11) is 0. The van der Waals surface area contributed by atoms with Crippen molar-refractivity contribution in [2.75, 3.05) is 18.0 Å². The number of piperidine rings is 1. The summed E-state index contributed by atoms with van der Waals surface area (Å²) in [5, 5.41) is 0. The molecule has 0 unspecified atom stereocenters. The molecule has 1 saturated carbocycles. The third-order valence-electron chi connectivity index (χ3n) is 5.22. The summed E-state index contributed by atoms with van der Waals surface area (Å²) in [5.74, 6) is 0.0201. The Morgan fingerprint density at radius 2 is 1.83 bits per heavy atom. The van der Waals surface area contributed by atoms with Crippen molar-refractivity contribution in [2.45, 2.75) is 51.0 Å². The summed E-state index contributed by atoms with van der Waals surface area (Å²) in [6.45, 7) is 1.58. The molecule has 2 fully saturated rings. The average molecular weight is 328 g/mol. The molecule has 5 nitrogen and oxygen atoms in total. The largest absolute Gasteiger partial charge is 0.462 e. The standard InChI is InChI=1S/C19H24N2O3/c22-18(23-15-6-2-1-3-7-15)14-10-12-21(13-11-14)19-20-16-8-4-5-9-17(16)24-19/h4-5,8-9,14-15H,1-3,6-7,10-13H2. The fourth-order valence-corrected chi connectivity index (χ4v) is 3.75. The molecule has 24 heavy (non-hydrogen) atoms. The highest BCUT2D eigenvalue weighted by atomic mass is 16.5. The first-order chi connectivity index (χ1) is 11.8. The third-order valence-corrected chi connectivity index (χ3v) is 5.22. The van der Waals surface area contributed by atoms with Crippen molar-refractivity contribution >= 4 is 23.1 Å². The predicted octanol–water partition coefficient (Wildman–Crippen LogP) is 3.92. The van der Waals surface area contributed by atoms with Gasteiger partial charge in [-0.25, -0.2) is 0 Å². The summed E-state index contributed by atoms with van der Waals surface area (Å²) in [4.78, 5) is 19.0. The molecule has 4 rings (SSSR count). The number of anilines is 1. The van der Waals surface area contributed by atoms with Crippen LogP contribution in [0.15, 0.2) is 28.7 Å². The molecule has 1 aliphatic heterocycles. The number of ether oxygens (including phenoxy) is 1. The lowest BCUT2D eigenvalue weighted by molar-refractivity contribution is -0.156. The second kappa shape index (κ2) is 6.83. The average Bonchev–Trinajstić information content (AvgIpc) is 3.07. The highest BCUT2D eigenvalue weighted by molar-refractivity contribution is 5.75. The molecule has 5 heteroatoms. The number of aromatic nitrogens is 1. The molecule has 0 N–H and O–H groups in total. The second-order valence-corrected chi connectivity index (χ2v) is 6.92. The van der Waals surface area contributed by atoms with Crippen molar-refractivity contribution in [3.63, 3.8) is 0 Å². The third kappa shape index (κ3) is 3.25. The van der Waals surface area contributed by atoms with E-state index in [0.29, 0.717) is 6.01 Å². The van der Waals surface area contributed by atoms with Gasteiger partial charge in [0.1, 0.15) is 11.6 Å². The fourth-order valence-electron chi connectivity index (χ4n) is 3.75. The molecule has 0 spiro atoms. The molecule has 0 bridgehead atoms. The van der Waals surface area contributed by atoms with E-state index in [9.17, 15) is 4.79 Å². The van der Waals surface area contributed by atoms with Gasteiger partial charge in [-0.3, -0.25) is 4.79 Å². The summed E-state index contributed by atoms with van der Waals surface area (Å²) < 4.78 is 11.5. The smallest absolute Gasteiger partial charge is 0.309 e. The van der Waals surface area contributed by atoms with Crippen molar-refractivity contribution in [3.05, 3.63) is 24.3 Å². The second-order valence-electron chi connectivity index (χ2n) is 6.92. The molecule has 2 heterocycles. The first-order valence-corrected chi connectivity index (χ1v) is 9.10.